The van der Waals surface area contributed by atoms with Crippen LogP contribution in [0.4, 0.5) is 5.69 Å². The highest BCUT2D eigenvalue weighted by atomic mass is 32.2. The molecule has 4 aromatic rings. The monoisotopic (exact) mass is 374 g/mol. The molecule has 0 aliphatic heterocycles. The van der Waals surface area contributed by atoms with E-state index in [9.17, 15) is 4.79 Å². The molecule has 2 N–H and O–H groups in total. The van der Waals surface area contributed by atoms with E-state index in [-0.39, 0.29) is 11.7 Å². The van der Waals surface area contributed by atoms with Crippen molar-refractivity contribution in [3.8, 4) is 11.4 Å². The standard InChI is InChI=1S/C21H18N4OS/c1-14-7-2-4-10-16(14)20-23-21(25-24-20)27-13-19(26)22-18-12-6-9-15-8-3-5-11-17(15)18/h2-12H,13H2,1H3,(H,22,26)(H,23,24,25). The Balaban J connectivity index is 1.42. The van der Waals surface area contributed by atoms with Crippen LogP contribution in [0.3, 0.4) is 0 Å². The Bertz CT molecular complexity index is 1100. The molecule has 1 amide bonds. The molecule has 27 heavy (non-hydrogen) atoms. The molecule has 0 bridgehead atoms. The first-order chi connectivity index (χ1) is 13.2. The van der Waals surface area contributed by atoms with Crippen molar-refractivity contribution in [2.75, 3.05) is 11.1 Å². The first-order valence-electron chi connectivity index (χ1n) is 8.59. The third kappa shape index (κ3) is 3.85. The van der Waals surface area contributed by atoms with Crippen LogP contribution in [0.25, 0.3) is 22.2 Å². The molecule has 0 radical (unpaired) electrons. The summed E-state index contributed by atoms with van der Waals surface area (Å²) in [5, 5.41) is 12.8. The van der Waals surface area contributed by atoms with E-state index >= 15 is 0 Å². The zero-order valence-electron chi connectivity index (χ0n) is 14.8. The maximum Gasteiger partial charge on any atom is 0.234 e. The minimum absolute atomic E-state index is 0.0846. The van der Waals surface area contributed by atoms with Crippen LogP contribution in [0.5, 0.6) is 0 Å². The van der Waals surface area contributed by atoms with Crippen molar-refractivity contribution in [3.05, 3.63) is 72.3 Å². The highest BCUT2D eigenvalue weighted by Crippen LogP contribution is 2.24. The van der Waals surface area contributed by atoms with Crippen LogP contribution in [-0.2, 0) is 4.79 Å². The largest absolute Gasteiger partial charge is 0.325 e. The molecule has 0 atom stereocenters. The lowest BCUT2D eigenvalue weighted by atomic mass is 10.1. The second kappa shape index (κ2) is 7.63. The number of hydrogen-bond donors (Lipinski definition) is 2. The van der Waals surface area contributed by atoms with Crippen LogP contribution in [0.15, 0.2) is 71.9 Å². The number of anilines is 1. The van der Waals surface area contributed by atoms with Gasteiger partial charge in [-0.05, 0) is 23.9 Å². The van der Waals surface area contributed by atoms with Crippen LogP contribution >= 0.6 is 11.8 Å². The van der Waals surface area contributed by atoms with Crippen molar-refractivity contribution in [2.45, 2.75) is 12.1 Å². The number of nitrogens with one attached hydrogen (secondary N) is 2. The van der Waals surface area contributed by atoms with E-state index in [1.54, 1.807) is 0 Å². The summed E-state index contributed by atoms with van der Waals surface area (Å²) in [6.07, 6.45) is 0. The molecule has 0 spiro atoms. The number of fused-ring (bicyclic) bond motifs is 1. The number of aromatic nitrogens is 3. The molecule has 134 valence electrons. The number of benzene rings is 3. The van der Waals surface area contributed by atoms with Gasteiger partial charge in [-0.15, -0.1) is 5.10 Å². The van der Waals surface area contributed by atoms with Gasteiger partial charge < -0.3 is 5.32 Å². The molecule has 6 heteroatoms. The Hall–Kier alpha value is -3.12. The fourth-order valence-electron chi connectivity index (χ4n) is 2.92. The summed E-state index contributed by atoms with van der Waals surface area (Å²) >= 11 is 1.31. The molecule has 5 nitrogen and oxygen atoms in total. The smallest absolute Gasteiger partial charge is 0.234 e. The van der Waals surface area contributed by atoms with Gasteiger partial charge in [-0.1, -0.05) is 72.4 Å². The average molecular weight is 374 g/mol. The van der Waals surface area contributed by atoms with E-state index in [4.69, 9.17) is 0 Å². The lowest BCUT2D eigenvalue weighted by Crippen LogP contribution is -2.14. The minimum Gasteiger partial charge on any atom is -0.325 e. The zero-order valence-corrected chi connectivity index (χ0v) is 15.6. The molecule has 0 aliphatic rings. The molecular weight excluding hydrogens is 356 g/mol. The maximum atomic E-state index is 12.4. The summed E-state index contributed by atoms with van der Waals surface area (Å²) in [5.41, 5.74) is 2.95. The normalized spacial score (nSPS) is 10.9. The van der Waals surface area contributed by atoms with Crippen molar-refractivity contribution >= 4 is 34.1 Å². The van der Waals surface area contributed by atoms with E-state index in [2.05, 4.69) is 20.5 Å². The number of aryl methyl sites for hydroxylation is 1. The summed E-state index contributed by atoms with van der Waals surface area (Å²) < 4.78 is 0. The van der Waals surface area contributed by atoms with E-state index in [1.807, 2.05) is 73.7 Å². The molecule has 4 rings (SSSR count). The van der Waals surface area contributed by atoms with Gasteiger partial charge in [-0.25, -0.2) is 4.98 Å². The molecule has 1 aromatic heterocycles. The first-order valence-corrected chi connectivity index (χ1v) is 9.58. The van der Waals surface area contributed by atoms with Crippen LogP contribution in [0, 0.1) is 6.92 Å². The molecule has 3 aromatic carbocycles. The summed E-state index contributed by atoms with van der Waals surface area (Å²) in [4.78, 5) is 16.8. The average Bonchev–Trinajstić information content (AvgIpc) is 3.16. The number of nitrogens with zero attached hydrogens (tertiary/aromatic N) is 2. The second-order valence-corrected chi connectivity index (χ2v) is 7.09. The predicted molar refractivity (Wildman–Crippen MR) is 110 cm³/mol. The number of hydrogen-bond acceptors (Lipinski definition) is 4. The van der Waals surface area contributed by atoms with Crippen LogP contribution in [-0.4, -0.2) is 26.8 Å². The highest BCUT2D eigenvalue weighted by molar-refractivity contribution is 7.99. The van der Waals surface area contributed by atoms with Gasteiger partial charge in [0.2, 0.25) is 11.1 Å². The maximum absolute atomic E-state index is 12.4. The van der Waals surface area contributed by atoms with Gasteiger partial charge in [0, 0.05) is 16.6 Å². The number of aromatic amines is 1. The molecule has 1 heterocycles. The molecule has 0 saturated carbocycles. The van der Waals surface area contributed by atoms with Gasteiger partial charge in [0.25, 0.3) is 0 Å². The number of thioether (sulfide) groups is 1. The predicted octanol–water partition coefficient (Wildman–Crippen LogP) is 4.66. The van der Waals surface area contributed by atoms with Crippen molar-refractivity contribution in [1.82, 2.24) is 15.2 Å². The fraction of sp³-hybridized carbons (Fsp3) is 0.0952. The Kier molecular flexibility index (Phi) is 4.89. The number of rotatable bonds is 5. The Morgan fingerprint density at radius 3 is 2.70 bits per heavy atom. The topological polar surface area (TPSA) is 70.7 Å². The number of H-pyrrole nitrogens is 1. The Labute approximate surface area is 161 Å². The SMILES string of the molecule is Cc1ccccc1-c1nc(SCC(=O)Nc2cccc3ccccc23)n[nH]1. The van der Waals surface area contributed by atoms with E-state index in [1.165, 1.54) is 11.8 Å². The summed E-state index contributed by atoms with van der Waals surface area (Å²) in [7, 11) is 0. The van der Waals surface area contributed by atoms with Crippen molar-refractivity contribution in [1.29, 1.82) is 0 Å². The molecule has 0 unspecified atom stereocenters. The van der Waals surface area contributed by atoms with Crippen molar-refractivity contribution in [3.63, 3.8) is 0 Å². The molecule has 0 saturated heterocycles. The Morgan fingerprint density at radius 1 is 1.04 bits per heavy atom. The van der Waals surface area contributed by atoms with Crippen LogP contribution in [0.1, 0.15) is 5.56 Å². The first kappa shape index (κ1) is 17.3. The lowest BCUT2D eigenvalue weighted by molar-refractivity contribution is -0.113. The number of amides is 1. The summed E-state index contributed by atoms with van der Waals surface area (Å²) in [6.45, 7) is 2.03. The number of carbonyl (C=O) groups excluding carboxylic acids is 1. The molecule has 0 fully saturated rings. The van der Waals surface area contributed by atoms with Gasteiger partial charge in [0.1, 0.15) is 0 Å². The highest BCUT2D eigenvalue weighted by Gasteiger charge is 2.11. The van der Waals surface area contributed by atoms with E-state index in [0.717, 1.165) is 27.6 Å². The lowest BCUT2D eigenvalue weighted by Gasteiger charge is -2.08. The van der Waals surface area contributed by atoms with Crippen LogP contribution in [0.2, 0.25) is 0 Å². The third-order valence-corrected chi connectivity index (χ3v) is 5.11. The third-order valence-electron chi connectivity index (χ3n) is 4.26. The summed E-state index contributed by atoms with van der Waals surface area (Å²) in [6, 6.07) is 21.8. The van der Waals surface area contributed by atoms with E-state index < -0.39 is 0 Å². The molecular formula is C21H18N4OS. The van der Waals surface area contributed by atoms with Gasteiger partial charge in [-0.3, -0.25) is 9.89 Å². The Morgan fingerprint density at radius 2 is 1.81 bits per heavy atom. The zero-order chi connectivity index (χ0) is 18.6. The van der Waals surface area contributed by atoms with E-state index in [0.29, 0.717) is 11.0 Å². The number of carbonyl (C=O) groups is 1. The van der Waals surface area contributed by atoms with Crippen LogP contribution < -0.4 is 5.32 Å². The summed E-state index contributed by atoms with van der Waals surface area (Å²) in [5.74, 6) is 0.873. The van der Waals surface area contributed by atoms with Crippen molar-refractivity contribution in [2.24, 2.45) is 0 Å². The van der Waals surface area contributed by atoms with Gasteiger partial charge in [0.05, 0.1) is 5.75 Å². The van der Waals surface area contributed by atoms with Gasteiger partial charge >= 0.3 is 0 Å². The fourth-order valence-corrected chi connectivity index (χ4v) is 3.52. The van der Waals surface area contributed by atoms with Gasteiger partial charge in [0.15, 0.2) is 5.82 Å². The van der Waals surface area contributed by atoms with Gasteiger partial charge in [-0.2, -0.15) is 0 Å². The molecule has 0 aliphatic carbocycles. The van der Waals surface area contributed by atoms with Crippen molar-refractivity contribution < 1.29 is 4.79 Å². The second-order valence-electron chi connectivity index (χ2n) is 6.15. The quantitative estimate of drug-likeness (QED) is 0.498. The minimum atomic E-state index is -0.0846.